The first-order valence-electron chi connectivity index (χ1n) is 4.30. The Balaban J connectivity index is 2.74. The van der Waals surface area contributed by atoms with E-state index in [1.54, 1.807) is 0 Å². The molecule has 0 saturated heterocycles. The van der Waals surface area contributed by atoms with Crippen molar-refractivity contribution in [2.24, 2.45) is 0 Å². The van der Waals surface area contributed by atoms with Crippen molar-refractivity contribution >= 4 is 11.6 Å². The highest BCUT2D eigenvalue weighted by Gasteiger charge is 2.16. The number of aromatic nitrogens is 3. The zero-order valence-corrected chi connectivity index (χ0v) is 8.85. The molecule has 0 fully saturated rings. The molecule has 1 aromatic carbocycles. The Hall–Kier alpha value is -1.69. The standard InChI is InChI=1S/C9H6ClF2N3O/c1-4-13-9(16)15(14-4)8-6(11)2-5(10)3-7(8)12/h2-3H,1H3,(H,13,14,16). The van der Waals surface area contributed by atoms with Crippen molar-refractivity contribution in [1.82, 2.24) is 14.8 Å². The third-order valence-corrected chi connectivity index (χ3v) is 2.14. The van der Waals surface area contributed by atoms with E-state index in [1.807, 2.05) is 0 Å². The van der Waals surface area contributed by atoms with Crippen LogP contribution in [0.1, 0.15) is 5.82 Å². The summed E-state index contributed by atoms with van der Waals surface area (Å²) in [6.07, 6.45) is 0. The van der Waals surface area contributed by atoms with E-state index in [0.29, 0.717) is 4.68 Å². The van der Waals surface area contributed by atoms with E-state index in [4.69, 9.17) is 11.6 Å². The van der Waals surface area contributed by atoms with Crippen LogP contribution in [0.15, 0.2) is 16.9 Å². The number of benzene rings is 1. The zero-order chi connectivity index (χ0) is 11.9. The van der Waals surface area contributed by atoms with Crippen molar-refractivity contribution < 1.29 is 8.78 Å². The molecule has 1 heterocycles. The zero-order valence-electron chi connectivity index (χ0n) is 8.09. The molecule has 1 N–H and O–H groups in total. The molecule has 84 valence electrons. The summed E-state index contributed by atoms with van der Waals surface area (Å²) in [7, 11) is 0. The average Bonchev–Trinajstić information content (AvgIpc) is 2.43. The van der Waals surface area contributed by atoms with Gasteiger partial charge in [-0.1, -0.05) is 11.6 Å². The molecular weight excluding hydrogens is 240 g/mol. The minimum absolute atomic E-state index is 0.0842. The van der Waals surface area contributed by atoms with Gasteiger partial charge in [0.2, 0.25) is 0 Å². The number of aryl methyl sites for hydroxylation is 1. The fraction of sp³-hybridized carbons (Fsp3) is 0.111. The molecule has 2 aromatic rings. The van der Waals surface area contributed by atoms with Crippen LogP contribution in [0, 0.1) is 18.6 Å². The Morgan fingerprint density at radius 1 is 1.38 bits per heavy atom. The van der Waals surface area contributed by atoms with Gasteiger partial charge in [-0.15, -0.1) is 0 Å². The quantitative estimate of drug-likeness (QED) is 0.833. The minimum atomic E-state index is -0.946. The maximum absolute atomic E-state index is 13.4. The van der Waals surface area contributed by atoms with E-state index in [2.05, 4.69) is 10.1 Å². The van der Waals surface area contributed by atoms with Gasteiger partial charge in [0.1, 0.15) is 11.5 Å². The van der Waals surface area contributed by atoms with Crippen LogP contribution >= 0.6 is 11.6 Å². The van der Waals surface area contributed by atoms with Crippen molar-refractivity contribution in [3.63, 3.8) is 0 Å². The summed E-state index contributed by atoms with van der Waals surface area (Å²) < 4.78 is 27.5. The van der Waals surface area contributed by atoms with E-state index in [0.717, 1.165) is 12.1 Å². The molecule has 0 unspecified atom stereocenters. The van der Waals surface area contributed by atoms with Crippen LogP contribution in [0.5, 0.6) is 0 Å². The lowest BCUT2D eigenvalue weighted by molar-refractivity contribution is 0.556. The number of rotatable bonds is 1. The molecule has 0 spiro atoms. The highest BCUT2D eigenvalue weighted by atomic mass is 35.5. The first kappa shape index (κ1) is 10.8. The Bertz CT molecular complexity index is 582. The van der Waals surface area contributed by atoms with Crippen molar-refractivity contribution in [1.29, 1.82) is 0 Å². The number of halogens is 3. The Morgan fingerprint density at radius 3 is 2.38 bits per heavy atom. The molecule has 0 aliphatic heterocycles. The number of hydrogen-bond acceptors (Lipinski definition) is 2. The van der Waals surface area contributed by atoms with Gasteiger partial charge in [-0.2, -0.15) is 9.78 Å². The molecule has 0 bridgehead atoms. The molecule has 0 aliphatic rings. The molecule has 4 nitrogen and oxygen atoms in total. The highest BCUT2D eigenvalue weighted by molar-refractivity contribution is 6.30. The lowest BCUT2D eigenvalue weighted by Crippen LogP contribution is -2.18. The van der Waals surface area contributed by atoms with Crippen molar-refractivity contribution in [3.05, 3.63) is 45.1 Å². The Morgan fingerprint density at radius 2 is 1.94 bits per heavy atom. The summed E-state index contributed by atoms with van der Waals surface area (Å²) in [6, 6.07) is 1.83. The van der Waals surface area contributed by atoms with Crippen LogP contribution in [-0.4, -0.2) is 14.8 Å². The summed E-state index contributed by atoms with van der Waals surface area (Å²) >= 11 is 5.46. The van der Waals surface area contributed by atoms with Gasteiger partial charge in [0.15, 0.2) is 11.6 Å². The number of nitrogens with zero attached hydrogens (tertiary/aromatic N) is 2. The van der Waals surface area contributed by atoms with Crippen LogP contribution in [-0.2, 0) is 0 Å². The Labute approximate surface area is 93.5 Å². The maximum atomic E-state index is 13.4. The van der Waals surface area contributed by atoms with Gasteiger partial charge in [-0.05, 0) is 19.1 Å². The summed E-state index contributed by atoms with van der Waals surface area (Å²) in [5, 5.41) is 3.57. The average molecular weight is 246 g/mol. The second-order valence-electron chi connectivity index (χ2n) is 3.15. The van der Waals surface area contributed by atoms with E-state index >= 15 is 0 Å². The number of hydrogen-bond donors (Lipinski definition) is 1. The molecule has 7 heteroatoms. The van der Waals surface area contributed by atoms with Gasteiger partial charge in [-0.25, -0.2) is 13.6 Å². The van der Waals surface area contributed by atoms with Crippen LogP contribution < -0.4 is 5.69 Å². The number of nitrogens with one attached hydrogen (secondary N) is 1. The lowest BCUT2D eigenvalue weighted by atomic mass is 10.3. The summed E-state index contributed by atoms with van der Waals surface area (Å²) in [5.74, 6) is -1.63. The third kappa shape index (κ3) is 1.71. The van der Waals surface area contributed by atoms with Crippen molar-refractivity contribution in [2.45, 2.75) is 6.92 Å². The molecule has 0 radical (unpaired) electrons. The van der Waals surface area contributed by atoms with Crippen LogP contribution in [0.25, 0.3) is 5.69 Å². The topological polar surface area (TPSA) is 50.7 Å². The normalized spacial score (nSPS) is 10.8. The predicted molar refractivity (Wildman–Crippen MR) is 53.8 cm³/mol. The van der Waals surface area contributed by atoms with Crippen LogP contribution in [0.2, 0.25) is 5.02 Å². The summed E-state index contributed by atoms with van der Waals surface area (Å²) in [5.41, 5.74) is -1.25. The SMILES string of the molecule is Cc1nn(-c2c(F)cc(Cl)cc2F)c(=O)[nH]1. The van der Waals surface area contributed by atoms with E-state index in [9.17, 15) is 13.6 Å². The van der Waals surface area contributed by atoms with Gasteiger partial charge in [0.05, 0.1) is 0 Å². The smallest absolute Gasteiger partial charge is 0.293 e. The largest absolute Gasteiger partial charge is 0.348 e. The second kappa shape index (κ2) is 3.71. The van der Waals surface area contributed by atoms with E-state index < -0.39 is 23.0 Å². The molecule has 0 amide bonds. The predicted octanol–water partition coefficient (Wildman–Crippen LogP) is 1.80. The molecule has 2 rings (SSSR count). The summed E-state index contributed by atoms with van der Waals surface area (Å²) in [4.78, 5) is 13.6. The molecule has 0 saturated carbocycles. The van der Waals surface area contributed by atoms with Gasteiger partial charge >= 0.3 is 5.69 Å². The van der Waals surface area contributed by atoms with Crippen LogP contribution in [0.4, 0.5) is 8.78 Å². The third-order valence-electron chi connectivity index (χ3n) is 1.92. The van der Waals surface area contributed by atoms with Crippen LogP contribution in [0.3, 0.4) is 0 Å². The fourth-order valence-electron chi connectivity index (χ4n) is 1.32. The van der Waals surface area contributed by atoms with Gasteiger partial charge < -0.3 is 0 Å². The van der Waals surface area contributed by atoms with Crippen molar-refractivity contribution in [2.75, 3.05) is 0 Å². The monoisotopic (exact) mass is 245 g/mol. The Kier molecular flexibility index (Phi) is 2.51. The fourth-order valence-corrected chi connectivity index (χ4v) is 1.51. The first-order valence-corrected chi connectivity index (χ1v) is 4.67. The molecule has 16 heavy (non-hydrogen) atoms. The number of aromatic amines is 1. The lowest BCUT2D eigenvalue weighted by Gasteiger charge is -2.03. The highest BCUT2D eigenvalue weighted by Crippen LogP contribution is 2.20. The maximum Gasteiger partial charge on any atom is 0.348 e. The van der Waals surface area contributed by atoms with Gasteiger partial charge in [0.25, 0.3) is 0 Å². The van der Waals surface area contributed by atoms with Crippen molar-refractivity contribution in [3.8, 4) is 5.69 Å². The van der Waals surface area contributed by atoms with Gasteiger partial charge in [0, 0.05) is 5.02 Å². The van der Waals surface area contributed by atoms with Gasteiger partial charge in [-0.3, -0.25) is 4.98 Å². The molecular formula is C9H6ClF2N3O. The number of H-pyrrole nitrogens is 1. The van der Waals surface area contributed by atoms with E-state index in [-0.39, 0.29) is 10.8 Å². The molecule has 1 aromatic heterocycles. The van der Waals surface area contributed by atoms with E-state index in [1.165, 1.54) is 6.92 Å². The first-order chi connectivity index (χ1) is 7.49. The minimum Gasteiger partial charge on any atom is -0.293 e. The molecule has 0 atom stereocenters. The molecule has 0 aliphatic carbocycles. The summed E-state index contributed by atoms with van der Waals surface area (Å²) in [6.45, 7) is 1.50. The second-order valence-corrected chi connectivity index (χ2v) is 3.58.